The molecule has 1 aliphatic heterocycles. The molecule has 0 unspecified atom stereocenters. The second-order valence-corrected chi connectivity index (χ2v) is 16.8. The molecule has 5 nitrogen and oxygen atoms in total. The zero-order chi connectivity index (χ0) is 26.1. The van der Waals surface area contributed by atoms with Crippen molar-refractivity contribution in [2.24, 2.45) is 4.99 Å². The summed E-state index contributed by atoms with van der Waals surface area (Å²) in [6.07, 6.45) is -0.0539. The maximum atomic E-state index is 10.4. The molecule has 1 aromatic heterocycles. The van der Waals surface area contributed by atoms with E-state index in [0.717, 1.165) is 16.5 Å². The van der Waals surface area contributed by atoms with Crippen molar-refractivity contribution >= 4 is 30.1 Å². The molecule has 1 aliphatic carbocycles. The van der Waals surface area contributed by atoms with Crippen LogP contribution >= 0.6 is 0 Å². The van der Waals surface area contributed by atoms with Gasteiger partial charge in [-0.2, -0.15) is 0 Å². The van der Waals surface area contributed by atoms with Crippen LogP contribution in [0.1, 0.15) is 42.1 Å². The van der Waals surface area contributed by atoms with Crippen LogP contribution in [0.15, 0.2) is 65.7 Å². The third kappa shape index (κ3) is 4.48. The van der Waals surface area contributed by atoms with E-state index >= 15 is 0 Å². The van der Waals surface area contributed by atoms with Crippen LogP contribution in [0.2, 0.25) is 19.6 Å². The van der Waals surface area contributed by atoms with Gasteiger partial charge in [0.25, 0.3) is 0 Å². The van der Waals surface area contributed by atoms with E-state index in [0.29, 0.717) is 23.0 Å². The molecule has 1 N–H and O–H groups in total. The Morgan fingerprint density at radius 2 is 1.79 bits per heavy atom. The normalized spacial score (nSPS) is 19.3. The first-order chi connectivity index (χ1) is 17.5. The van der Waals surface area contributed by atoms with Crippen LogP contribution in [0, 0.1) is 13.0 Å². The van der Waals surface area contributed by atoms with Crippen molar-refractivity contribution in [3.05, 3.63) is 89.0 Å². The van der Waals surface area contributed by atoms with E-state index < -0.39 is 8.07 Å². The summed E-state index contributed by atoms with van der Waals surface area (Å²) in [5, 5.41) is 12.5. The molecule has 6 rings (SSSR count). The van der Waals surface area contributed by atoms with E-state index in [1.54, 1.807) is 6.07 Å². The SMILES string of the molecule is Cc1cc(O)c2nc(Oc3[c-]c(C4=N[C@H]5c6ccccc6C(C)(C)[C@@H]5O4)cc([Si](C)(C)C)c3)ccc2c1.[Pt]. The Morgan fingerprint density at radius 3 is 2.55 bits per heavy atom. The Hall–Kier alpha value is -2.95. The van der Waals surface area contributed by atoms with Gasteiger partial charge in [-0.05, 0) is 41.8 Å². The van der Waals surface area contributed by atoms with Gasteiger partial charge in [0.15, 0.2) is 0 Å². The number of ether oxygens (including phenoxy) is 2. The van der Waals surface area contributed by atoms with Gasteiger partial charge in [0, 0.05) is 43.7 Å². The maximum Gasteiger partial charge on any atom is 0.217 e. The quantitative estimate of drug-likeness (QED) is 0.193. The average molecular weight is 703 g/mol. The molecule has 38 heavy (non-hydrogen) atoms. The number of aliphatic imine (C=N–C) groups is 1. The third-order valence-corrected chi connectivity index (χ3v) is 9.53. The Bertz CT molecular complexity index is 1590. The van der Waals surface area contributed by atoms with E-state index in [-0.39, 0.29) is 44.4 Å². The maximum absolute atomic E-state index is 10.4. The number of aromatic hydroxyl groups is 1. The summed E-state index contributed by atoms with van der Waals surface area (Å²) in [6, 6.07) is 23.5. The van der Waals surface area contributed by atoms with Crippen LogP contribution in [0.5, 0.6) is 17.4 Å². The second-order valence-electron chi connectivity index (χ2n) is 11.7. The van der Waals surface area contributed by atoms with Crippen molar-refractivity contribution in [1.29, 1.82) is 0 Å². The Labute approximate surface area is 239 Å². The minimum atomic E-state index is -1.71. The fourth-order valence-electron chi connectivity index (χ4n) is 5.47. The first-order valence-corrected chi connectivity index (χ1v) is 16.2. The number of hydrogen-bond acceptors (Lipinski definition) is 5. The van der Waals surface area contributed by atoms with Gasteiger partial charge in [-0.1, -0.05) is 69.4 Å². The number of hydrogen-bond donors (Lipinski definition) is 1. The molecule has 7 heteroatoms. The number of phenols is 1. The summed E-state index contributed by atoms with van der Waals surface area (Å²) in [5.74, 6) is 1.73. The number of aryl methyl sites for hydroxylation is 1. The monoisotopic (exact) mass is 702 g/mol. The molecule has 3 aromatic carbocycles. The van der Waals surface area contributed by atoms with Crippen molar-refractivity contribution in [3.8, 4) is 17.4 Å². The summed E-state index contributed by atoms with van der Waals surface area (Å²) >= 11 is 0. The van der Waals surface area contributed by atoms with Crippen molar-refractivity contribution in [2.75, 3.05) is 0 Å². The molecule has 0 saturated heterocycles. The van der Waals surface area contributed by atoms with Gasteiger partial charge in [0.2, 0.25) is 5.88 Å². The van der Waals surface area contributed by atoms with Crippen LogP contribution in [0.4, 0.5) is 0 Å². The molecule has 2 atom stereocenters. The average Bonchev–Trinajstić information content (AvgIpc) is 3.37. The predicted octanol–water partition coefficient (Wildman–Crippen LogP) is 6.56. The Morgan fingerprint density at radius 1 is 1.03 bits per heavy atom. The van der Waals surface area contributed by atoms with Gasteiger partial charge >= 0.3 is 0 Å². The fraction of sp³-hybridized carbons (Fsp3) is 0.290. The van der Waals surface area contributed by atoms with Gasteiger partial charge in [-0.15, -0.1) is 17.3 Å². The van der Waals surface area contributed by atoms with Crippen LogP contribution in [-0.2, 0) is 31.2 Å². The van der Waals surface area contributed by atoms with E-state index in [9.17, 15) is 5.11 Å². The van der Waals surface area contributed by atoms with E-state index in [4.69, 9.17) is 14.5 Å². The molecular formula is C31H31N2O3PtSi-. The van der Waals surface area contributed by atoms with Crippen molar-refractivity contribution < 1.29 is 35.6 Å². The van der Waals surface area contributed by atoms with Gasteiger partial charge in [0.05, 0.1) is 8.07 Å². The van der Waals surface area contributed by atoms with Gasteiger partial charge < -0.3 is 14.6 Å². The molecule has 0 saturated carbocycles. The number of nitrogens with zero attached hydrogens (tertiary/aromatic N) is 2. The van der Waals surface area contributed by atoms with Gasteiger partial charge in [-0.25, -0.2) is 4.98 Å². The smallest absolute Gasteiger partial charge is 0.217 e. The molecule has 0 amide bonds. The predicted molar refractivity (Wildman–Crippen MR) is 150 cm³/mol. The number of aromatic nitrogens is 1. The van der Waals surface area contributed by atoms with Crippen molar-refractivity contribution in [2.45, 2.75) is 58.0 Å². The zero-order valence-corrected chi connectivity index (χ0v) is 25.7. The van der Waals surface area contributed by atoms with Crippen LogP contribution in [0.3, 0.4) is 0 Å². The third-order valence-electron chi connectivity index (χ3n) is 7.51. The van der Waals surface area contributed by atoms with E-state index in [1.165, 1.54) is 16.3 Å². The molecule has 4 aromatic rings. The number of fused-ring (bicyclic) bond motifs is 4. The van der Waals surface area contributed by atoms with Crippen LogP contribution in [0.25, 0.3) is 10.9 Å². The Balaban J connectivity index is 0.00000294. The summed E-state index contributed by atoms with van der Waals surface area (Å²) in [6.45, 7) is 13.3. The number of rotatable bonds is 4. The molecule has 0 radical (unpaired) electrons. The molecule has 0 bridgehead atoms. The van der Waals surface area contributed by atoms with Crippen LogP contribution in [-0.4, -0.2) is 30.2 Å². The van der Waals surface area contributed by atoms with Gasteiger partial charge in [-0.3, -0.25) is 4.99 Å². The standard InChI is InChI=1S/C31H31N2O3Si.Pt/c1-18-13-19-11-12-26(32-27(19)25(34)14-18)35-21-15-20(16-22(17-21)37(4,5)6)30-33-28-23-9-7-8-10-24(23)31(2,3)29(28)36-30;/h7-14,16-17,28-29,34H,1-6H3;/q-1;/t28-,29+;/m0./s1. The molecule has 0 spiro atoms. The Kier molecular flexibility index (Phi) is 6.56. The summed E-state index contributed by atoms with van der Waals surface area (Å²) < 4.78 is 12.8. The van der Waals surface area contributed by atoms with E-state index in [2.05, 4.69) is 74.9 Å². The first-order valence-electron chi connectivity index (χ1n) is 12.7. The number of benzene rings is 3. The molecule has 198 valence electrons. The molecule has 0 fully saturated rings. The molecule has 2 heterocycles. The summed E-state index contributed by atoms with van der Waals surface area (Å²) in [4.78, 5) is 9.64. The number of phenolic OH excluding ortho intramolecular Hbond substituents is 1. The minimum absolute atomic E-state index is 0. The summed E-state index contributed by atoms with van der Waals surface area (Å²) in [7, 11) is -1.71. The second kappa shape index (κ2) is 9.35. The molecular weight excluding hydrogens is 672 g/mol. The number of pyridine rings is 1. The summed E-state index contributed by atoms with van der Waals surface area (Å²) in [5.41, 5.74) is 4.70. The fourth-order valence-corrected chi connectivity index (χ4v) is 6.61. The first kappa shape index (κ1) is 26.6. The molecule has 2 aliphatic rings. The van der Waals surface area contributed by atoms with Crippen molar-refractivity contribution in [3.63, 3.8) is 0 Å². The van der Waals surface area contributed by atoms with Gasteiger partial charge in [0.1, 0.15) is 29.3 Å². The van der Waals surface area contributed by atoms with Crippen LogP contribution < -0.4 is 9.92 Å². The van der Waals surface area contributed by atoms with Crippen molar-refractivity contribution in [1.82, 2.24) is 4.98 Å². The minimum Gasteiger partial charge on any atom is -0.513 e. The van der Waals surface area contributed by atoms with E-state index in [1.807, 2.05) is 31.2 Å². The zero-order valence-electron chi connectivity index (χ0n) is 22.4. The topological polar surface area (TPSA) is 63.9 Å². The largest absolute Gasteiger partial charge is 0.513 e.